The smallest absolute Gasteiger partial charge is 0.260 e. The van der Waals surface area contributed by atoms with Crippen LogP contribution in [0.15, 0.2) is 42.0 Å². The predicted molar refractivity (Wildman–Crippen MR) is 78.7 cm³/mol. The molecule has 0 radical (unpaired) electrons. The predicted octanol–water partition coefficient (Wildman–Crippen LogP) is 2.94. The van der Waals surface area contributed by atoms with E-state index in [0.29, 0.717) is 16.4 Å². The molecule has 2 aromatic heterocycles. The molecule has 0 unspecified atom stereocenters. The summed E-state index contributed by atoms with van der Waals surface area (Å²) >= 11 is 1.31. The minimum atomic E-state index is -0.293. The Balaban J connectivity index is 1.76. The van der Waals surface area contributed by atoms with Crippen LogP contribution < -0.4 is 5.32 Å². The van der Waals surface area contributed by atoms with Crippen LogP contribution in [-0.2, 0) is 7.05 Å². The Morgan fingerprint density at radius 2 is 2.10 bits per heavy atom. The fourth-order valence-electron chi connectivity index (χ4n) is 1.79. The summed E-state index contributed by atoms with van der Waals surface area (Å²) in [5.74, 6) is -0.554. The Morgan fingerprint density at radius 1 is 1.33 bits per heavy atom. The number of anilines is 1. The van der Waals surface area contributed by atoms with Crippen molar-refractivity contribution < 1.29 is 9.18 Å². The maximum Gasteiger partial charge on any atom is 0.260 e. The number of aryl methyl sites for hydroxylation is 1. The first-order valence-corrected chi connectivity index (χ1v) is 7.01. The lowest BCUT2D eigenvalue weighted by molar-refractivity contribution is 0.102. The molecule has 0 aliphatic carbocycles. The zero-order chi connectivity index (χ0) is 14.8. The molecule has 0 bridgehead atoms. The van der Waals surface area contributed by atoms with Gasteiger partial charge in [-0.25, -0.2) is 9.37 Å². The van der Waals surface area contributed by atoms with Crippen LogP contribution in [0.25, 0.3) is 11.3 Å². The zero-order valence-corrected chi connectivity index (χ0v) is 11.9. The second kappa shape index (κ2) is 5.45. The van der Waals surface area contributed by atoms with Crippen LogP contribution in [-0.4, -0.2) is 20.7 Å². The van der Waals surface area contributed by atoms with Gasteiger partial charge in [0.25, 0.3) is 5.91 Å². The number of nitrogens with zero attached hydrogens (tertiary/aromatic N) is 3. The van der Waals surface area contributed by atoms with Gasteiger partial charge < -0.3 is 0 Å². The number of carbonyl (C=O) groups excluding carboxylic acids is 1. The molecule has 0 aliphatic heterocycles. The molecule has 7 heteroatoms. The van der Waals surface area contributed by atoms with Gasteiger partial charge in [-0.3, -0.25) is 14.8 Å². The average Bonchev–Trinajstić information content (AvgIpc) is 3.09. The fraction of sp³-hybridized carbons (Fsp3) is 0.0714. The van der Waals surface area contributed by atoms with Crippen LogP contribution in [0, 0.1) is 5.82 Å². The number of amides is 1. The van der Waals surface area contributed by atoms with Gasteiger partial charge in [-0.1, -0.05) is 0 Å². The monoisotopic (exact) mass is 302 g/mol. The van der Waals surface area contributed by atoms with Gasteiger partial charge in [0.15, 0.2) is 5.13 Å². The normalized spacial score (nSPS) is 10.6. The van der Waals surface area contributed by atoms with Crippen molar-refractivity contribution in [3.8, 4) is 11.3 Å². The van der Waals surface area contributed by atoms with Crippen molar-refractivity contribution in [2.45, 2.75) is 0 Å². The number of rotatable bonds is 3. The number of carbonyl (C=O) groups is 1. The lowest BCUT2D eigenvalue weighted by Gasteiger charge is -1.98. The molecule has 21 heavy (non-hydrogen) atoms. The summed E-state index contributed by atoms with van der Waals surface area (Å²) in [4.78, 5) is 16.3. The van der Waals surface area contributed by atoms with Gasteiger partial charge in [-0.15, -0.1) is 11.3 Å². The molecule has 0 fully saturated rings. The third-order valence-corrected chi connectivity index (χ3v) is 3.59. The van der Waals surface area contributed by atoms with E-state index in [1.807, 2.05) is 5.38 Å². The molecule has 0 saturated heterocycles. The van der Waals surface area contributed by atoms with E-state index in [4.69, 9.17) is 0 Å². The number of halogens is 1. The summed E-state index contributed by atoms with van der Waals surface area (Å²) in [7, 11) is 1.74. The van der Waals surface area contributed by atoms with Crippen molar-refractivity contribution in [3.05, 3.63) is 53.4 Å². The van der Waals surface area contributed by atoms with Crippen molar-refractivity contribution >= 4 is 22.4 Å². The molecule has 2 heterocycles. The van der Waals surface area contributed by atoms with Crippen molar-refractivity contribution in [2.75, 3.05) is 5.32 Å². The number of hydrogen-bond donors (Lipinski definition) is 1. The summed E-state index contributed by atoms with van der Waals surface area (Å²) in [5, 5.41) is 8.96. The van der Waals surface area contributed by atoms with Gasteiger partial charge in [-0.2, -0.15) is 5.10 Å². The van der Waals surface area contributed by atoms with Gasteiger partial charge in [0, 0.05) is 24.2 Å². The highest BCUT2D eigenvalue weighted by Gasteiger charge is 2.11. The van der Waals surface area contributed by atoms with Crippen LogP contribution in [0.3, 0.4) is 0 Å². The maximum absolute atomic E-state index is 12.9. The highest BCUT2D eigenvalue weighted by molar-refractivity contribution is 7.14. The highest BCUT2D eigenvalue weighted by atomic mass is 32.1. The fourth-order valence-corrected chi connectivity index (χ4v) is 2.51. The van der Waals surface area contributed by atoms with Crippen LogP contribution in [0.2, 0.25) is 0 Å². The average molecular weight is 302 g/mol. The van der Waals surface area contributed by atoms with E-state index < -0.39 is 0 Å². The Morgan fingerprint density at radius 3 is 2.76 bits per heavy atom. The van der Waals surface area contributed by atoms with Crippen molar-refractivity contribution in [1.29, 1.82) is 0 Å². The molecule has 1 aromatic carbocycles. The topological polar surface area (TPSA) is 59.8 Å². The molecular weight excluding hydrogens is 291 g/mol. The Bertz CT molecular complexity index is 778. The number of nitrogens with one attached hydrogen (secondary N) is 1. The van der Waals surface area contributed by atoms with E-state index in [9.17, 15) is 9.18 Å². The SMILES string of the molecule is Cn1cc(C(=O)Nc2nc(-c3ccc(F)cc3)cs2)cn1. The van der Waals surface area contributed by atoms with Crippen molar-refractivity contribution in [3.63, 3.8) is 0 Å². The molecule has 3 aromatic rings. The van der Waals surface area contributed by atoms with E-state index >= 15 is 0 Å². The molecule has 0 saturated carbocycles. The number of aromatic nitrogens is 3. The molecule has 0 spiro atoms. The zero-order valence-electron chi connectivity index (χ0n) is 11.1. The Kier molecular flexibility index (Phi) is 3.49. The molecule has 5 nitrogen and oxygen atoms in total. The minimum absolute atomic E-state index is 0.261. The van der Waals surface area contributed by atoms with Gasteiger partial charge in [-0.05, 0) is 24.3 Å². The second-order valence-electron chi connectivity index (χ2n) is 4.40. The van der Waals surface area contributed by atoms with Gasteiger partial charge in [0.2, 0.25) is 0 Å². The molecule has 1 N–H and O–H groups in total. The lowest BCUT2D eigenvalue weighted by atomic mass is 10.2. The summed E-state index contributed by atoms with van der Waals surface area (Å²) in [5.41, 5.74) is 1.96. The molecule has 106 valence electrons. The summed E-state index contributed by atoms with van der Waals surface area (Å²) in [6.07, 6.45) is 3.12. The van der Waals surface area contributed by atoms with Crippen LogP contribution in [0.1, 0.15) is 10.4 Å². The van der Waals surface area contributed by atoms with Crippen molar-refractivity contribution in [1.82, 2.24) is 14.8 Å². The largest absolute Gasteiger partial charge is 0.298 e. The summed E-state index contributed by atoms with van der Waals surface area (Å²) < 4.78 is 14.4. The van der Waals surface area contributed by atoms with E-state index in [1.54, 1.807) is 30.1 Å². The van der Waals surface area contributed by atoms with Crippen LogP contribution in [0.5, 0.6) is 0 Å². The lowest BCUT2D eigenvalue weighted by Crippen LogP contribution is -2.10. The standard InChI is InChI=1S/C14H11FN4OS/c1-19-7-10(6-16-19)13(20)18-14-17-12(8-21-14)9-2-4-11(15)5-3-9/h2-8H,1H3,(H,17,18,20). The maximum atomic E-state index is 12.9. The first-order chi connectivity index (χ1) is 10.1. The number of hydrogen-bond acceptors (Lipinski definition) is 4. The summed E-state index contributed by atoms with van der Waals surface area (Å²) in [6.45, 7) is 0. The van der Waals surface area contributed by atoms with Crippen molar-refractivity contribution in [2.24, 2.45) is 7.05 Å². The van der Waals surface area contributed by atoms with Crippen LogP contribution >= 0.6 is 11.3 Å². The third kappa shape index (κ3) is 2.97. The van der Waals surface area contributed by atoms with E-state index in [1.165, 1.54) is 29.7 Å². The first-order valence-electron chi connectivity index (χ1n) is 6.13. The van der Waals surface area contributed by atoms with E-state index in [2.05, 4.69) is 15.4 Å². The third-order valence-electron chi connectivity index (χ3n) is 2.83. The van der Waals surface area contributed by atoms with Crippen LogP contribution in [0.4, 0.5) is 9.52 Å². The van der Waals surface area contributed by atoms with Gasteiger partial charge in [0.1, 0.15) is 5.82 Å². The molecule has 0 atom stereocenters. The quantitative estimate of drug-likeness (QED) is 0.809. The highest BCUT2D eigenvalue weighted by Crippen LogP contribution is 2.25. The van der Waals surface area contributed by atoms with E-state index in [0.717, 1.165) is 5.56 Å². The van der Waals surface area contributed by atoms with Gasteiger partial charge >= 0.3 is 0 Å². The van der Waals surface area contributed by atoms with Gasteiger partial charge in [0.05, 0.1) is 17.5 Å². The number of benzene rings is 1. The first kappa shape index (κ1) is 13.4. The molecular formula is C14H11FN4OS. The van der Waals surface area contributed by atoms with E-state index in [-0.39, 0.29) is 11.7 Å². The number of thiazole rings is 1. The Labute approximate surface area is 124 Å². The second-order valence-corrected chi connectivity index (χ2v) is 5.26. The minimum Gasteiger partial charge on any atom is -0.298 e. The molecule has 3 rings (SSSR count). The molecule has 0 aliphatic rings. The Hall–Kier alpha value is -2.54. The summed E-state index contributed by atoms with van der Waals surface area (Å²) in [6, 6.07) is 6.05. The molecule has 1 amide bonds.